The molecule has 9 nitrogen and oxygen atoms in total. The molecule has 1 aromatic carbocycles. The van der Waals surface area contributed by atoms with E-state index in [1.807, 2.05) is 16.8 Å². The van der Waals surface area contributed by atoms with Crippen molar-refractivity contribution < 1.29 is 10.2 Å². The lowest BCUT2D eigenvalue weighted by atomic mass is 9.95. The van der Waals surface area contributed by atoms with Crippen LogP contribution in [0, 0.1) is 11.8 Å². The van der Waals surface area contributed by atoms with Gasteiger partial charge >= 0.3 is 0 Å². The number of aliphatic hydroxyl groups is 2. The zero-order valence-corrected chi connectivity index (χ0v) is 20.4. The monoisotopic (exact) mass is 487 g/mol. The van der Waals surface area contributed by atoms with Crippen molar-refractivity contribution in [3.63, 3.8) is 0 Å². The molecule has 0 saturated heterocycles. The van der Waals surface area contributed by atoms with E-state index in [0.29, 0.717) is 12.2 Å². The van der Waals surface area contributed by atoms with E-state index in [2.05, 4.69) is 56.5 Å². The lowest BCUT2D eigenvalue weighted by Gasteiger charge is -2.19. The van der Waals surface area contributed by atoms with Gasteiger partial charge in [-0.15, -0.1) is 0 Å². The highest BCUT2D eigenvalue weighted by Gasteiger charge is 2.42. The lowest BCUT2D eigenvalue weighted by Crippen LogP contribution is -2.29. The summed E-state index contributed by atoms with van der Waals surface area (Å²) in [5, 5.41) is 27.3. The number of hydrogen-bond donors (Lipinski definition) is 5. The van der Waals surface area contributed by atoms with Gasteiger partial charge in [-0.1, -0.05) is 12.1 Å². The standard InChI is InChI=1S/C27H33N7O2/c1-28-33-26-20-10-11-34(27(20)31-15-30-26)22-13-19(24(35)25(22)36)7-5-16-4-6-18-8-9-23(32-21(18)12-16)29-14-17-2-3-17/h4,6,8-12,15,17,19,22,24-25,28,35-36H,2-3,5,7,13-14H2,1H3,(H,29,32)(H,30,31,33)/t19-,22+,24+,25-/m0/s1. The summed E-state index contributed by atoms with van der Waals surface area (Å²) in [7, 11) is 1.78. The first-order valence-electron chi connectivity index (χ1n) is 12.8. The predicted molar refractivity (Wildman–Crippen MR) is 141 cm³/mol. The van der Waals surface area contributed by atoms with Gasteiger partial charge in [0.1, 0.15) is 23.9 Å². The van der Waals surface area contributed by atoms with Crippen LogP contribution >= 0.6 is 0 Å². The second-order valence-electron chi connectivity index (χ2n) is 10.2. The van der Waals surface area contributed by atoms with E-state index in [1.165, 1.54) is 24.7 Å². The smallest absolute Gasteiger partial charge is 0.153 e. The fraction of sp³-hybridized carbons (Fsp3) is 0.444. The maximum Gasteiger partial charge on any atom is 0.153 e. The molecule has 6 rings (SSSR count). The van der Waals surface area contributed by atoms with Crippen molar-refractivity contribution >= 4 is 33.6 Å². The Morgan fingerprint density at radius 1 is 1.06 bits per heavy atom. The summed E-state index contributed by atoms with van der Waals surface area (Å²) in [6.45, 7) is 0.997. The predicted octanol–water partition coefficient (Wildman–Crippen LogP) is 3.26. The van der Waals surface area contributed by atoms with Gasteiger partial charge < -0.3 is 25.5 Å². The first-order valence-corrected chi connectivity index (χ1v) is 12.8. The molecule has 0 unspecified atom stereocenters. The van der Waals surface area contributed by atoms with Crippen molar-refractivity contribution in [2.75, 3.05) is 24.3 Å². The topological polar surface area (TPSA) is 120 Å². The van der Waals surface area contributed by atoms with Crippen molar-refractivity contribution in [3.05, 3.63) is 54.5 Å². The summed E-state index contributed by atoms with van der Waals surface area (Å²) in [4.78, 5) is 13.5. The second-order valence-corrected chi connectivity index (χ2v) is 10.2. The average Bonchev–Trinajstić information content (AvgIpc) is 3.57. The summed E-state index contributed by atoms with van der Waals surface area (Å²) >= 11 is 0. The SMILES string of the molecule is CNNc1ncnc2c1ccn2[C@@H]1C[C@H](CCc2ccc3ccc(NCC4CC4)nc3c2)[C@@H](O)[C@H]1O. The highest BCUT2D eigenvalue weighted by Crippen LogP contribution is 2.40. The molecule has 2 fully saturated rings. The van der Waals surface area contributed by atoms with E-state index in [1.54, 1.807) is 7.05 Å². The van der Waals surface area contributed by atoms with Crippen LogP contribution in [0.5, 0.6) is 0 Å². The largest absolute Gasteiger partial charge is 0.390 e. The van der Waals surface area contributed by atoms with Crippen LogP contribution in [0.15, 0.2) is 48.9 Å². The number of hydrogen-bond acceptors (Lipinski definition) is 8. The summed E-state index contributed by atoms with van der Waals surface area (Å²) in [5.41, 5.74) is 8.83. The number of aliphatic hydroxyl groups excluding tert-OH is 2. The third-order valence-corrected chi connectivity index (χ3v) is 7.71. The third-order valence-electron chi connectivity index (χ3n) is 7.71. The summed E-state index contributed by atoms with van der Waals surface area (Å²) in [6, 6.07) is 12.3. The van der Waals surface area contributed by atoms with E-state index >= 15 is 0 Å². The van der Waals surface area contributed by atoms with Crippen LogP contribution < -0.4 is 16.2 Å². The summed E-state index contributed by atoms with van der Waals surface area (Å²) < 4.78 is 1.97. The number of benzene rings is 1. The Kier molecular flexibility index (Phi) is 6.20. The van der Waals surface area contributed by atoms with Crippen LogP contribution in [0.25, 0.3) is 21.9 Å². The fourth-order valence-electron chi connectivity index (χ4n) is 5.46. The van der Waals surface area contributed by atoms with Crippen LogP contribution in [0.3, 0.4) is 0 Å². The van der Waals surface area contributed by atoms with Gasteiger partial charge in [0.15, 0.2) is 5.82 Å². The second kappa shape index (κ2) is 9.65. The first kappa shape index (κ1) is 23.1. The van der Waals surface area contributed by atoms with Crippen LogP contribution in [-0.4, -0.2) is 55.5 Å². The molecule has 4 aromatic rings. The van der Waals surface area contributed by atoms with Crippen LogP contribution in [0.1, 0.15) is 37.3 Å². The molecule has 2 aliphatic carbocycles. The van der Waals surface area contributed by atoms with E-state index in [4.69, 9.17) is 4.98 Å². The Morgan fingerprint density at radius 3 is 2.75 bits per heavy atom. The van der Waals surface area contributed by atoms with E-state index < -0.39 is 12.2 Å². The fourth-order valence-corrected chi connectivity index (χ4v) is 5.46. The van der Waals surface area contributed by atoms with Crippen LogP contribution in [0.4, 0.5) is 11.6 Å². The van der Waals surface area contributed by atoms with E-state index in [9.17, 15) is 10.2 Å². The molecule has 4 atom stereocenters. The van der Waals surface area contributed by atoms with Crippen molar-refractivity contribution in [1.82, 2.24) is 24.9 Å². The molecule has 2 saturated carbocycles. The zero-order chi connectivity index (χ0) is 24.6. The molecular weight excluding hydrogens is 454 g/mol. The maximum absolute atomic E-state index is 10.9. The number of nitrogens with one attached hydrogen (secondary N) is 3. The Morgan fingerprint density at radius 2 is 1.92 bits per heavy atom. The molecule has 0 bridgehead atoms. The normalized spacial score (nSPS) is 24.0. The molecule has 9 heteroatoms. The third kappa shape index (κ3) is 4.50. The zero-order valence-electron chi connectivity index (χ0n) is 20.4. The van der Waals surface area contributed by atoms with Crippen molar-refractivity contribution in [3.8, 4) is 0 Å². The maximum atomic E-state index is 10.9. The lowest BCUT2D eigenvalue weighted by molar-refractivity contribution is 0.00545. The Hall–Kier alpha value is -3.27. The van der Waals surface area contributed by atoms with Crippen molar-refractivity contribution in [2.24, 2.45) is 11.8 Å². The number of fused-ring (bicyclic) bond motifs is 2. The van der Waals surface area contributed by atoms with Crippen molar-refractivity contribution in [2.45, 2.75) is 50.4 Å². The number of aryl methyl sites for hydroxylation is 1. The number of hydrazine groups is 1. The van der Waals surface area contributed by atoms with Gasteiger partial charge in [-0.3, -0.25) is 0 Å². The average molecular weight is 488 g/mol. The van der Waals surface area contributed by atoms with Gasteiger partial charge in [0.25, 0.3) is 0 Å². The van der Waals surface area contributed by atoms with Gasteiger partial charge in [-0.2, -0.15) is 0 Å². The van der Waals surface area contributed by atoms with Gasteiger partial charge in [-0.05, 0) is 73.8 Å². The molecule has 0 radical (unpaired) electrons. The summed E-state index contributed by atoms with van der Waals surface area (Å²) in [5.74, 6) is 2.41. The molecule has 0 amide bonds. The van der Waals surface area contributed by atoms with Gasteiger partial charge in [0.05, 0.1) is 23.0 Å². The van der Waals surface area contributed by atoms with Crippen LogP contribution in [0.2, 0.25) is 0 Å². The molecular formula is C27H33N7O2. The molecule has 3 aromatic heterocycles. The van der Waals surface area contributed by atoms with Gasteiger partial charge in [0.2, 0.25) is 0 Å². The number of nitrogens with zero attached hydrogens (tertiary/aromatic N) is 4. The molecule has 0 aliphatic heterocycles. The van der Waals surface area contributed by atoms with Gasteiger partial charge in [-0.25, -0.2) is 20.4 Å². The minimum Gasteiger partial charge on any atom is -0.390 e. The quantitative estimate of drug-likeness (QED) is 0.228. The first-order chi connectivity index (χ1) is 17.6. The number of pyridine rings is 1. The van der Waals surface area contributed by atoms with Crippen LogP contribution in [-0.2, 0) is 6.42 Å². The minimum absolute atomic E-state index is 0.00519. The van der Waals surface area contributed by atoms with E-state index in [-0.39, 0.29) is 12.0 Å². The summed E-state index contributed by atoms with van der Waals surface area (Å²) in [6.07, 6.45) is 6.74. The molecule has 36 heavy (non-hydrogen) atoms. The minimum atomic E-state index is -0.848. The molecule has 0 spiro atoms. The Bertz CT molecular complexity index is 1370. The number of aromatic nitrogens is 4. The molecule has 5 N–H and O–H groups in total. The molecule has 2 aliphatic rings. The Labute approximate surface area is 210 Å². The number of anilines is 2. The molecule has 188 valence electrons. The van der Waals surface area contributed by atoms with E-state index in [0.717, 1.165) is 53.1 Å². The molecule has 3 heterocycles. The highest BCUT2D eigenvalue weighted by atomic mass is 16.3. The Balaban J connectivity index is 1.15. The number of rotatable bonds is 9. The van der Waals surface area contributed by atoms with Crippen molar-refractivity contribution in [1.29, 1.82) is 0 Å². The van der Waals surface area contributed by atoms with Gasteiger partial charge in [0, 0.05) is 25.2 Å². The highest BCUT2D eigenvalue weighted by molar-refractivity contribution is 5.87.